The Hall–Kier alpha value is -1.50. The Bertz CT molecular complexity index is 453. The Balaban J connectivity index is 2.84. The van der Waals surface area contributed by atoms with E-state index in [1.165, 1.54) is 6.07 Å². The molecule has 0 aromatic heterocycles. The quantitative estimate of drug-likeness (QED) is 0.648. The summed E-state index contributed by atoms with van der Waals surface area (Å²) in [5.74, 6) is -0.658. The van der Waals surface area contributed by atoms with Gasteiger partial charge in [0.15, 0.2) is 0 Å². The van der Waals surface area contributed by atoms with Crippen LogP contribution in [-0.2, 0) is 10.8 Å². The summed E-state index contributed by atoms with van der Waals surface area (Å²) in [6, 6.07) is 3.30. The summed E-state index contributed by atoms with van der Waals surface area (Å²) in [6.45, 7) is 2.09. The van der Waals surface area contributed by atoms with E-state index in [1.807, 2.05) is 0 Å². The number of hydrogen-bond acceptors (Lipinski definition) is 4. The van der Waals surface area contributed by atoms with Crippen LogP contribution in [0.15, 0.2) is 18.2 Å². The van der Waals surface area contributed by atoms with Crippen LogP contribution in [0.25, 0.3) is 0 Å². The van der Waals surface area contributed by atoms with Gasteiger partial charge in [0, 0.05) is 28.9 Å². The van der Waals surface area contributed by atoms with E-state index in [9.17, 15) is 18.7 Å². The summed E-state index contributed by atoms with van der Waals surface area (Å²) >= 11 is 0. The lowest BCUT2D eigenvalue weighted by molar-refractivity contribution is -0.384. The smallest absolute Gasteiger partial charge is 0.295 e. The first-order valence-electron chi connectivity index (χ1n) is 4.92. The fourth-order valence-electron chi connectivity index (χ4n) is 1.18. The maximum atomic E-state index is 12.9. The third-order valence-electron chi connectivity index (χ3n) is 2.30. The molecule has 0 aliphatic rings. The monoisotopic (exact) mass is 260 g/mol. The van der Waals surface area contributed by atoms with Crippen molar-refractivity contribution in [3.63, 3.8) is 0 Å². The van der Waals surface area contributed by atoms with Gasteiger partial charge < -0.3 is 5.32 Å². The van der Waals surface area contributed by atoms with Crippen LogP contribution in [0.5, 0.6) is 0 Å². The Kier molecular flexibility index (Phi) is 4.56. The van der Waals surface area contributed by atoms with E-state index < -0.39 is 21.5 Å². The molecule has 1 aromatic carbocycles. The van der Waals surface area contributed by atoms with E-state index >= 15 is 0 Å². The van der Waals surface area contributed by atoms with Crippen molar-refractivity contribution in [1.82, 2.24) is 0 Å². The van der Waals surface area contributed by atoms with Gasteiger partial charge in [0.05, 0.1) is 11.0 Å². The van der Waals surface area contributed by atoms with Gasteiger partial charge in [0.2, 0.25) is 0 Å². The molecule has 2 unspecified atom stereocenters. The van der Waals surface area contributed by atoms with Gasteiger partial charge in [0.25, 0.3) is 5.69 Å². The van der Waals surface area contributed by atoms with Gasteiger partial charge in [0.1, 0.15) is 11.5 Å². The first-order valence-corrected chi connectivity index (χ1v) is 6.54. The molecule has 7 heteroatoms. The summed E-state index contributed by atoms with van der Waals surface area (Å²) in [7, 11) is -1.01. The number of nitro benzene ring substituents is 1. The standard InChI is InChI=1S/C10H13FN2O3S/c1-7(17(2)16)6-12-9-4-3-8(11)5-10(9)13(14)15/h3-5,7,12H,6H2,1-2H3. The number of halogens is 1. The van der Waals surface area contributed by atoms with E-state index in [0.717, 1.165) is 12.1 Å². The molecule has 17 heavy (non-hydrogen) atoms. The second-order valence-corrected chi connectivity index (χ2v) is 5.41. The molecule has 0 spiro atoms. The largest absolute Gasteiger partial charge is 0.378 e. The molecule has 0 fully saturated rings. The number of nitro groups is 1. The van der Waals surface area contributed by atoms with Gasteiger partial charge in [-0.05, 0) is 19.1 Å². The van der Waals surface area contributed by atoms with Crippen LogP contribution in [0.2, 0.25) is 0 Å². The van der Waals surface area contributed by atoms with Gasteiger partial charge in [-0.15, -0.1) is 0 Å². The van der Waals surface area contributed by atoms with Crippen LogP contribution >= 0.6 is 0 Å². The van der Waals surface area contributed by atoms with Gasteiger partial charge in [-0.1, -0.05) is 0 Å². The topological polar surface area (TPSA) is 72.2 Å². The average molecular weight is 260 g/mol. The van der Waals surface area contributed by atoms with E-state index in [2.05, 4.69) is 5.32 Å². The number of rotatable bonds is 5. The predicted octanol–water partition coefficient (Wildman–Crippen LogP) is 1.91. The molecule has 0 aliphatic heterocycles. The second kappa shape index (κ2) is 5.72. The molecule has 0 aliphatic carbocycles. The van der Waals surface area contributed by atoms with Crippen LogP contribution in [-0.4, -0.2) is 27.2 Å². The SMILES string of the molecule is CC(CNc1ccc(F)cc1[N+](=O)[O-])S(C)=O. The van der Waals surface area contributed by atoms with Gasteiger partial charge in [-0.25, -0.2) is 4.39 Å². The summed E-state index contributed by atoms with van der Waals surface area (Å²) in [4.78, 5) is 10.0. The first kappa shape index (κ1) is 13.6. The summed E-state index contributed by atoms with van der Waals surface area (Å²) in [5.41, 5.74) is -0.0900. The van der Waals surface area contributed by atoms with Crippen LogP contribution < -0.4 is 5.32 Å². The van der Waals surface area contributed by atoms with E-state index in [1.54, 1.807) is 13.2 Å². The van der Waals surface area contributed by atoms with Crippen molar-refractivity contribution >= 4 is 22.2 Å². The minimum Gasteiger partial charge on any atom is -0.378 e. The highest BCUT2D eigenvalue weighted by atomic mass is 32.2. The Morgan fingerprint density at radius 2 is 2.24 bits per heavy atom. The normalized spacial score (nSPS) is 14.1. The van der Waals surface area contributed by atoms with Gasteiger partial charge in [-0.3, -0.25) is 14.3 Å². The van der Waals surface area contributed by atoms with E-state index in [4.69, 9.17) is 0 Å². The second-order valence-electron chi connectivity index (χ2n) is 3.61. The van der Waals surface area contributed by atoms with E-state index in [0.29, 0.717) is 6.54 Å². The molecule has 2 atom stereocenters. The molecule has 0 heterocycles. The molecule has 5 nitrogen and oxygen atoms in total. The lowest BCUT2D eigenvalue weighted by Gasteiger charge is -2.11. The Labute approximate surface area is 101 Å². The van der Waals surface area contributed by atoms with Crippen molar-refractivity contribution in [2.45, 2.75) is 12.2 Å². The van der Waals surface area contributed by atoms with Crippen LogP contribution in [0.3, 0.4) is 0 Å². The van der Waals surface area contributed by atoms with Crippen molar-refractivity contribution in [2.75, 3.05) is 18.1 Å². The van der Waals surface area contributed by atoms with Gasteiger partial charge in [-0.2, -0.15) is 0 Å². The lowest BCUT2D eigenvalue weighted by atomic mass is 10.2. The maximum Gasteiger partial charge on any atom is 0.295 e. The number of nitrogens with zero attached hydrogens (tertiary/aromatic N) is 1. The zero-order valence-corrected chi connectivity index (χ0v) is 10.3. The molecule has 0 amide bonds. The zero-order chi connectivity index (χ0) is 13.0. The number of hydrogen-bond donors (Lipinski definition) is 1. The molecule has 0 bridgehead atoms. The van der Waals surface area contributed by atoms with Gasteiger partial charge >= 0.3 is 0 Å². The highest BCUT2D eigenvalue weighted by Crippen LogP contribution is 2.24. The molecule has 1 N–H and O–H groups in total. The number of nitrogens with one attached hydrogen (secondary N) is 1. The van der Waals surface area contributed by atoms with Crippen molar-refractivity contribution in [1.29, 1.82) is 0 Å². The third kappa shape index (κ3) is 3.77. The van der Waals surface area contributed by atoms with Crippen LogP contribution in [0.4, 0.5) is 15.8 Å². The third-order valence-corrected chi connectivity index (χ3v) is 3.60. The summed E-state index contributed by atoms with van der Waals surface area (Å²) < 4.78 is 24.0. The van der Waals surface area contributed by atoms with Crippen LogP contribution in [0.1, 0.15) is 6.92 Å². The molecule has 0 saturated heterocycles. The molecule has 0 saturated carbocycles. The highest BCUT2D eigenvalue weighted by Gasteiger charge is 2.15. The minimum absolute atomic E-state index is 0.139. The molecular formula is C10H13FN2O3S. The fraction of sp³-hybridized carbons (Fsp3) is 0.400. The summed E-state index contributed by atoms with van der Waals surface area (Å²) in [5, 5.41) is 13.4. The molecule has 1 rings (SSSR count). The molecule has 94 valence electrons. The Morgan fingerprint density at radius 1 is 1.59 bits per heavy atom. The minimum atomic E-state index is -1.01. The Morgan fingerprint density at radius 3 is 2.76 bits per heavy atom. The molecule has 1 aromatic rings. The van der Waals surface area contributed by atoms with E-state index in [-0.39, 0.29) is 16.6 Å². The van der Waals surface area contributed by atoms with Crippen molar-refractivity contribution < 1.29 is 13.5 Å². The summed E-state index contributed by atoms with van der Waals surface area (Å²) in [6.07, 6.45) is 1.56. The highest BCUT2D eigenvalue weighted by molar-refractivity contribution is 7.84. The fourth-order valence-corrected chi connectivity index (χ4v) is 1.49. The van der Waals surface area contributed by atoms with Crippen molar-refractivity contribution in [3.05, 3.63) is 34.1 Å². The zero-order valence-electron chi connectivity index (χ0n) is 9.47. The maximum absolute atomic E-state index is 12.9. The van der Waals surface area contributed by atoms with Crippen molar-refractivity contribution in [3.8, 4) is 0 Å². The number of benzene rings is 1. The van der Waals surface area contributed by atoms with Crippen molar-refractivity contribution in [2.24, 2.45) is 0 Å². The van der Waals surface area contributed by atoms with Crippen LogP contribution in [0, 0.1) is 15.9 Å². The molecular weight excluding hydrogens is 247 g/mol. The molecule has 0 radical (unpaired) electrons. The average Bonchev–Trinajstić information content (AvgIpc) is 2.26. The first-order chi connectivity index (χ1) is 7.91. The predicted molar refractivity (Wildman–Crippen MR) is 65.1 cm³/mol. The lowest BCUT2D eigenvalue weighted by Crippen LogP contribution is -2.21. The number of anilines is 1.